The largest absolute Gasteiger partial charge is 0.315 e. The first kappa shape index (κ1) is 15.1. The molecule has 0 bridgehead atoms. The molecule has 3 heteroatoms. The first-order chi connectivity index (χ1) is 8.28. The number of rotatable bonds is 6. The molecule has 0 saturated carbocycles. The van der Waals surface area contributed by atoms with Crippen LogP contribution in [0, 0.1) is 17.0 Å². The van der Waals surface area contributed by atoms with Crippen LogP contribution in [0.4, 0.5) is 8.78 Å². The van der Waals surface area contributed by atoms with Crippen LogP contribution in [0.3, 0.4) is 0 Å². The maximum absolute atomic E-state index is 13.1. The highest BCUT2D eigenvalue weighted by Gasteiger charge is 2.19. The van der Waals surface area contributed by atoms with Gasteiger partial charge in [-0.05, 0) is 42.5 Å². The van der Waals surface area contributed by atoms with Gasteiger partial charge in [0.15, 0.2) is 0 Å². The molecule has 0 saturated heterocycles. The molecule has 0 aromatic heterocycles. The molecule has 1 rings (SSSR count). The highest BCUT2D eigenvalue weighted by molar-refractivity contribution is 5.19. The van der Waals surface area contributed by atoms with Gasteiger partial charge in [0.1, 0.15) is 11.6 Å². The summed E-state index contributed by atoms with van der Waals surface area (Å²) in [4.78, 5) is 0. The lowest BCUT2D eigenvalue weighted by Crippen LogP contribution is -2.28. The van der Waals surface area contributed by atoms with Crippen LogP contribution in [0.2, 0.25) is 0 Å². The Kier molecular flexibility index (Phi) is 5.27. The number of benzene rings is 1. The van der Waals surface area contributed by atoms with E-state index in [1.54, 1.807) is 0 Å². The molecule has 1 N–H and O–H groups in total. The fraction of sp³-hybridized carbons (Fsp3) is 0.600. The second kappa shape index (κ2) is 6.28. The van der Waals surface area contributed by atoms with Gasteiger partial charge in [-0.25, -0.2) is 8.78 Å². The second-order valence-electron chi connectivity index (χ2n) is 5.98. The van der Waals surface area contributed by atoms with Gasteiger partial charge in [-0.1, -0.05) is 27.7 Å². The lowest BCUT2D eigenvalue weighted by molar-refractivity contribution is 0.320. The summed E-state index contributed by atoms with van der Waals surface area (Å²) in [6, 6.07) is 4.21. The molecular weight excluding hydrogens is 232 g/mol. The van der Waals surface area contributed by atoms with Crippen molar-refractivity contribution in [3.63, 3.8) is 0 Å². The summed E-state index contributed by atoms with van der Waals surface area (Å²) in [5, 5.41) is 3.36. The van der Waals surface area contributed by atoms with Gasteiger partial charge in [0.25, 0.3) is 0 Å². The van der Waals surface area contributed by atoms with Gasteiger partial charge in [0, 0.05) is 12.1 Å². The average Bonchev–Trinajstić information content (AvgIpc) is 2.12. The summed E-state index contributed by atoms with van der Waals surface area (Å²) in [6.45, 7) is 9.38. The minimum atomic E-state index is -0.499. The van der Waals surface area contributed by atoms with E-state index in [0.29, 0.717) is 12.5 Å². The summed E-state index contributed by atoms with van der Waals surface area (Å²) in [5.41, 5.74) is 0.754. The predicted molar refractivity (Wildman–Crippen MR) is 71.6 cm³/mol. The van der Waals surface area contributed by atoms with Crippen LogP contribution >= 0.6 is 0 Å². The lowest BCUT2D eigenvalue weighted by atomic mass is 9.82. The maximum Gasteiger partial charge on any atom is 0.126 e. The van der Waals surface area contributed by atoms with Crippen LogP contribution in [-0.4, -0.2) is 12.6 Å². The van der Waals surface area contributed by atoms with E-state index >= 15 is 0 Å². The SMILES string of the molecule is CC(C)NCCC(C)(C)Cc1cc(F)cc(F)c1. The molecular formula is C15H23F2N. The smallest absolute Gasteiger partial charge is 0.126 e. The summed E-state index contributed by atoms with van der Waals surface area (Å²) >= 11 is 0. The lowest BCUT2D eigenvalue weighted by Gasteiger charge is -2.25. The fourth-order valence-electron chi connectivity index (χ4n) is 2.05. The molecule has 0 spiro atoms. The van der Waals surface area contributed by atoms with Gasteiger partial charge in [-0.15, -0.1) is 0 Å². The molecule has 102 valence electrons. The van der Waals surface area contributed by atoms with Crippen molar-refractivity contribution in [2.75, 3.05) is 6.54 Å². The molecule has 18 heavy (non-hydrogen) atoms. The van der Waals surface area contributed by atoms with E-state index in [2.05, 4.69) is 33.0 Å². The second-order valence-corrected chi connectivity index (χ2v) is 5.98. The predicted octanol–water partition coefficient (Wildman–Crippen LogP) is 3.92. The van der Waals surface area contributed by atoms with Crippen molar-refractivity contribution in [2.24, 2.45) is 5.41 Å². The van der Waals surface area contributed by atoms with Gasteiger partial charge in [-0.3, -0.25) is 0 Å². The zero-order valence-electron chi connectivity index (χ0n) is 11.7. The Morgan fingerprint density at radius 1 is 1.11 bits per heavy atom. The highest BCUT2D eigenvalue weighted by Crippen LogP contribution is 2.26. The van der Waals surface area contributed by atoms with E-state index in [1.165, 1.54) is 12.1 Å². The summed E-state index contributed by atoms with van der Waals surface area (Å²) in [7, 11) is 0. The highest BCUT2D eigenvalue weighted by atomic mass is 19.1. The van der Waals surface area contributed by atoms with Gasteiger partial charge in [-0.2, -0.15) is 0 Å². The third-order valence-corrected chi connectivity index (χ3v) is 2.96. The van der Waals surface area contributed by atoms with Crippen LogP contribution < -0.4 is 5.32 Å². The fourth-order valence-corrected chi connectivity index (χ4v) is 2.05. The zero-order valence-corrected chi connectivity index (χ0v) is 11.7. The van der Waals surface area contributed by atoms with Crippen molar-refractivity contribution >= 4 is 0 Å². The van der Waals surface area contributed by atoms with Crippen LogP contribution in [-0.2, 0) is 6.42 Å². The topological polar surface area (TPSA) is 12.0 Å². The number of nitrogens with one attached hydrogen (secondary N) is 1. The molecule has 0 aliphatic rings. The Hall–Kier alpha value is -0.960. The molecule has 0 aliphatic heterocycles. The van der Waals surface area contributed by atoms with Gasteiger partial charge < -0.3 is 5.32 Å². The van der Waals surface area contributed by atoms with Crippen molar-refractivity contribution in [2.45, 2.75) is 46.6 Å². The third-order valence-electron chi connectivity index (χ3n) is 2.96. The summed E-state index contributed by atoms with van der Waals surface area (Å²) in [5.74, 6) is -0.998. The minimum Gasteiger partial charge on any atom is -0.315 e. The molecule has 0 unspecified atom stereocenters. The number of hydrogen-bond donors (Lipinski definition) is 1. The molecule has 0 atom stereocenters. The van der Waals surface area contributed by atoms with Crippen LogP contribution in [0.5, 0.6) is 0 Å². The molecule has 0 amide bonds. The number of hydrogen-bond acceptors (Lipinski definition) is 1. The first-order valence-corrected chi connectivity index (χ1v) is 6.47. The van der Waals surface area contributed by atoms with E-state index in [0.717, 1.165) is 24.6 Å². The van der Waals surface area contributed by atoms with Crippen molar-refractivity contribution in [1.82, 2.24) is 5.32 Å². The Morgan fingerprint density at radius 2 is 1.67 bits per heavy atom. The minimum absolute atomic E-state index is 0.0299. The van der Waals surface area contributed by atoms with Gasteiger partial charge in [0.05, 0.1) is 0 Å². The zero-order chi connectivity index (χ0) is 13.8. The van der Waals surface area contributed by atoms with Crippen molar-refractivity contribution in [1.29, 1.82) is 0 Å². The molecule has 0 aliphatic carbocycles. The first-order valence-electron chi connectivity index (χ1n) is 6.47. The normalized spacial score (nSPS) is 12.2. The van der Waals surface area contributed by atoms with E-state index in [9.17, 15) is 8.78 Å². The molecule has 0 radical (unpaired) electrons. The Balaban J connectivity index is 2.58. The van der Waals surface area contributed by atoms with E-state index in [1.807, 2.05) is 0 Å². The Labute approximate surface area is 109 Å². The van der Waals surface area contributed by atoms with Crippen LogP contribution in [0.25, 0.3) is 0 Å². The molecule has 1 aromatic rings. The molecule has 0 heterocycles. The van der Waals surface area contributed by atoms with E-state index in [-0.39, 0.29) is 5.41 Å². The third kappa shape index (κ3) is 5.58. The van der Waals surface area contributed by atoms with Gasteiger partial charge in [0.2, 0.25) is 0 Å². The van der Waals surface area contributed by atoms with Crippen LogP contribution in [0.15, 0.2) is 18.2 Å². The molecule has 1 nitrogen and oxygen atoms in total. The van der Waals surface area contributed by atoms with E-state index < -0.39 is 11.6 Å². The summed E-state index contributed by atoms with van der Waals surface area (Å²) < 4.78 is 26.2. The van der Waals surface area contributed by atoms with E-state index in [4.69, 9.17) is 0 Å². The Bertz CT molecular complexity index is 366. The van der Waals surface area contributed by atoms with Crippen molar-refractivity contribution in [3.05, 3.63) is 35.4 Å². The van der Waals surface area contributed by atoms with Crippen molar-refractivity contribution in [3.8, 4) is 0 Å². The monoisotopic (exact) mass is 255 g/mol. The van der Waals surface area contributed by atoms with Crippen molar-refractivity contribution < 1.29 is 8.78 Å². The van der Waals surface area contributed by atoms with Gasteiger partial charge >= 0.3 is 0 Å². The van der Waals surface area contributed by atoms with Crippen LogP contribution in [0.1, 0.15) is 39.7 Å². The summed E-state index contributed by atoms with van der Waals surface area (Å²) in [6.07, 6.45) is 1.66. The molecule has 0 fully saturated rings. The quantitative estimate of drug-likeness (QED) is 0.812. The Morgan fingerprint density at radius 3 is 2.17 bits per heavy atom. The molecule has 1 aromatic carbocycles. The number of halogens is 2. The maximum atomic E-state index is 13.1. The average molecular weight is 255 g/mol. The standard InChI is InChI=1S/C15H23F2N/c1-11(2)18-6-5-15(3,4)10-12-7-13(16)9-14(17)8-12/h7-9,11,18H,5-6,10H2,1-4H3.